The average molecular weight is 709 g/mol. The van der Waals surface area contributed by atoms with Gasteiger partial charge in [-0.25, -0.2) is 19.0 Å². The monoisotopic (exact) mass is 707 g/mol. The van der Waals surface area contributed by atoms with Crippen LogP contribution in [0.25, 0.3) is 5.69 Å². The number of hydrogen-bond donors (Lipinski definition) is 0. The second-order valence-corrected chi connectivity index (χ2v) is 12.8. The van der Waals surface area contributed by atoms with Gasteiger partial charge in [0.1, 0.15) is 24.3 Å². The first-order chi connectivity index (χ1) is 23.3. The van der Waals surface area contributed by atoms with Crippen molar-refractivity contribution in [3.63, 3.8) is 0 Å². The van der Waals surface area contributed by atoms with Crippen LogP contribution in [0.5, 0.6) is 5.75 Å². The zero-order valence-electron chi connectivity index (χ0n) is 27.3. The predicted molar refractivity (Wildman–Crippen MR) is 189 cm³/mol. The van der Waals surface area contributed by atoms with Gasteiger partial charge < -0.3 is 34.1 Å². The van der Waals surface area contributed by atoms with Crippen molar-refractivity contribution in [2.24, 2.45) is 0 Å². The second-order valence-electron chi connectivity index (χ2n) is 11.9. The third-order valence-corrected chi connectivity index (χ3v) is 9.39. The van der Waals surface area contributed by atoms with E-state index in [0.29, 0.717) is 47.7 Å². The quantitative estimate of drug-likeness (QED) is 0.205. The molecule has 5 aromatic rings. The smallest absolute Gasteiger partial charge is 0.350 e. The van der Waals surface area contributed by atoms with Crippen LogP contribution >= 0.6 is 23.2 Å². The predicted octanol–water partition coefficient (Wildman–Crippen LogP) is 4.71. The van der Waals surface area contributed by atoms with Crippen molar-refractivity contribution in [2.45, 2.75) is 38.8 Å². The summed E-state index contributed by atoms with van der Waals surface area (Å²) in [5, 5.41) is 5.36. The van der Waals surface area contributed by atoms with Crippen molar-refractivity contribution in [3.05, 3.63) is 117 Å². The van der Waals surface area contributed by atoms with Crippen LogP contribution in [0, 0.1) is 6.92 Å². The second kappa shape index (κ2) is 14.7. The Balaban J connectivity index is 0.00000417. The molecule has 2 aliphatic rings. The topological polar surface area (TPSA) is 123 Å². The summed E-state index contributed by atoms with van der Waals surface area (Å²) >= 11 is 12.8. The van der Waals surface area contributed by atoms with Crippen LogP contribution in [0.2, 0.25) is 10.0 Å². The van der Waals surface area contributed by atoms with E-state index in [1.165, 1.54) is 4.68 Å². The summed E-state index contributed by atoms with van der Waals surface area (Å²) in [5.74, 6) is 0.349. The molecule has 2 aromatic heterocycles. The molecule has 49 heavy (non-hydrogen) atoms. The lowest BCUT2D eigenvalue weighted by atomic mass is 10.1. The van der Waals surface area contributed by atoms with E-state index in [-0.39, 0.29) is 17.3 Å². The number of hydrogen-bond acceptors (Lipinski definition) is 8. The van der Waals surface area contributed by atoms with Gasteiger partial charge in [-0.05, 0) is 74.5 Å². The highest BCUT2D eigenvalue weighted by atomic mass is 35.5. The Morgan fingerprint density at radius 1 is 0.939 bits per heavy atom. The summed E-state index contributed by atoms with van der Waals surface area (Å²) in [6.07, 6.45) is 4.99. The molecule has 0 saturated carbocycles. The first-order valence-corrected chi connectivity index (χ1v) is 16.8. The number of piperazine rings is 1. The number of benzene rings is 3. The Hall–Kier alpha value is -4.33. The van der Waals surface area contributed by atoms with Gasteiger partial charge in [-0.1, -0.05) is 29.3 Å². The third kappa shape index (κ3) is 7.19. The van der Waals surface area contributed by atoms with Crippen molar-refractivity contribution >= 4 is 34.6 Å². The van der Waals surface area contributed by atoms with Gasteiger partial charge in [0.15, 0.2) is 0 Å². The molecular weight excluding hydrogens is 669 g/mol. The molecule has 0 aliphatic carbocycles. The van der Waals surface area contributed by atoms with Gasteiger partial charge in [-0.3, -0.25) is 0 Å². The van der Waals surface area contributed by atoms with Gasteiger partial charge in [0, 0.05) is 67.1 Å². The lowest BCUT2D eigenvalue weighted by Crippen LogP contribution is -2.46. The summed E-state index contributed by atoms with van der Waals surface area (Å²) < 4.78 is 24.0. The van der Waals surface area contributed by atoms with Gasteiger partial charge in [0.25, 0.3) is 0 Å². The Kier molecular flexibility index (Phi) is 10.3. The van der Waals surface area contributed by atoms with Gasteiger partial charge in [-0.15, -0.1) is 0 Å². The molecule has 0 radical (unpaired) electrons. The molecule has 2 fully saturated rings. The molecule has 2 saturated heterocycles. The van der Waals surface area contributed by atoms with Crippen LogP contribution < -0.4 is 20.2 Å². The average Bonchev–Trinajstić information content (AvgIpc) is 3.84. The summed E-state index contributed by atoms with van der Waals surface area (Å²) in [6, 6.07) is 21.6. The minimum absolute atomic E-state index is 0. The molecule has 2 aliphatic heterocycles. The highest BCUT2D eigenvalue weighted by molar-refractivity contribution is 6.35. The molecule has 12 nitrogen and oxygen atoms in total. The number of anilines is 2. The van der Waals surface area contributed by atoms with Crippen LogP contribution in [0.15, 0.2) is 90.2 Å². The summed E-state index contributed by atoms with van der Waals surface area (Å²) in [4.78, 5) is 21.6. The number of aryl methyl sites for hydroxylation is 2. The normalized spacial score (nSPS) is 19.2. The SMILES string of the molecule is CCn1nc(C)n(-c2ccc(N3CCN(c4ccc(OC[C@@H]5CO[C@@](Cn6ccnc6)(c6ccc(Cl)cc6Cl)O5)cc4)CC3)cc2)c1=O.O. The van der Waals surface area contributed by atoms with Crippen molar-refractivity contribution in [2.75, 3.05) is 49.2 Å². The zero-order valence-corrected chi connectivity index (χ0v) is 28.8. The molecule has 0 spiro atoms. The van der Waals surface area contributed by atoms with E-state index in [1.807, 2.05) is 54.9 Å². The molecular formula is C35H39Cl2N7O5. The molecule has 3 aromatic carbocycles. The van der Waals surface area contributed by atoms with Crippen LogP contribution in [0.1, 0.15) is 18.3 Å². The maximum absolute atomic E-state index is 12.7. The molecule has 258 valence electrons. The van der Waals surface area contributed by atoms with Crippen LogP contribution in [-0.4, -0.2) is 74.9 Å². The summed E-state index contributed by atoms with van der Waals surface area (Å²) in [7, 11) is 0. The number of aromatic nitrogens is 5. The van der Waals surface area contributed by atoms with Crippen molar-refractivity contribution in [1.29, 1.82) is 0 Å². The van der Waals surface area contributed by atoms with E-state index in [1.54, 1.807) is 29.2 Å². The molecule has 2 atom stereocenters. The van der Waals surface area contributed by atoms with Crippen molar-refractivity contribution in [3.8, 4) is 11.4 Å². The van der Waals surface area contributed by atoms with Gasteiger partial charge in [-0.2, -0.15) is 5.10 Å². The minimum atomic E-state index is -1.10. The fourth-order valence-electron chi connectivity index (χ4n) is 6.37. The minimum Gasteiger partial charge on any atom is -0.491 e. The van der Waals surface area contributed by atoms with Crippen LogP contribution in [0.4, 0.5) is 11.4 Å². The van der Waals surface area contributed by atoms with E-state index in [9.17, 15) is 4.79 Å². The Bertz CT molecular complexity index is 1910. The van der Waals surface area contributed by atoms with Crippen molar-refractivity contribution < 1.29 is 19.7 Å². The number of nitrogens with zero attached hydrogens (tertiary/aromatic N) is 7. The van der Waals surface area contributed by atoms with E-state index in [2.05, 4.69) is 44.1 Å². The Morgan fingerprint density at radius 2 is 1.59 bits per heavy atom. The Morgan fingerprint density at radius 3 is 2.18 bits per heavy atom. The van der Waals surface area contributed by atoms with Gasteiger partial charge in [0.2, 0.25) is 5.79 Å². The third-order valence-electron chi connectivity index (χ3n) is 8.84. The fourth-order valence-corrected chi connectivity index (χ4v) is 6.92. The molecule has 2 N–H and O–H groups in total. The number of halogens is 2. The molecule has 4 heterocycles. The molecule has 14 heteroatoms. The highest BCUT2D eigenvalue weighted by Crippen LogP contribution is 2.40. The largest absolute Gasteiger partial charge is 0.491 e. The first-order valence-electron chi connectivity index (χ1n) is 16.0. The molecule has 7 rings (SSSR count). The van der Waals surface area contributed by atoms with Gasteiger partial charge in [0.05, 0.1) is 30.2 Å². The van der Waals surface area contributed by atoms with Gasteiger partial charge >= 0.3 is 5.69 Å². The number of imidazole rings is 1. The zero-order chi connectivity index (χ0) is 33.3. The lowest BCUT2D eigenvalue weighted by molar-refractivity contribution is -0.189. The lowest BCUT2D eigenvalue weighted by Gasteiger charge is -2.37. The van der Waals surface area contributed by atoms with E-state index < -0.39 is 5.79 Å². The Labute approximate surface area is 294 Å². The van der Waals surface area contributed by atoms with Crippen LogP contribution in [0.3, 0.4) is 0 Å². The molecule has 0 bridgehead atoms. The fraction of sp³-hybridized carbons (Fsp3) is 0.343. The van der Waals surface area contributed by atoms with E-state index >= 15 is 0 Å². The maximum atomic E-state index is 12.7. The first kappa shape index (κ1) is 34.5. The maximum Gasteiger partial charge on any atom is 0.350 e. The molecule has 0 amide bonds. The van der Waals surface area contributed by atoms with Crippen molar-refractivity contribution in [1.82, 2.24) is 23.9 Å². The summed E-state index contributed by atoms with van der Waals surface area (Å²) in [6.45, 7) is 8.93. The van der Waals surface area contributed by atoms with E-state index in [4.69, 9.17) is 37.4 Å². The number of rotatable bonds is 10. The van der Waals surface area contributed by atoms with Crippen LogP contribution in [-0.2, 0) is 28.4 Å². The molecule has 0 unspecified atom stereocenters. The standard InChI is InChI=1S/C35H37Cl2N7O4.H2O/c1-3-43-34(45)44(25(2)39-43)29-7-5-27(6-8-29)41-16-18-42(19-17-41)28-9-11-30(12-10-28)46-21-31-22-47-35(48-31,23-40-15-14-38-24-40)32-13-4-26(36)20-33(32)37;/h4-15,20,24,31H,3,16-19,21-23H2,1-2H3;1H2/t31-,35-;/m1./s1. The summed E-state index contributed by atoms with van der Waals surface area (Å²) in [5.41, 5.74) is 3.71. The van der Waals surface area contributed by atoms with E-state index in [0.717, 1.165) is 49.0 Å². The number of ether oxygens (including phenoxy) is 3. The highest BCUT2D eigenvalue weighted by Gasteiger charge is 2.45.